The fourth-order valence-corrected chi connectivity index (χ4v) is 7.88. The van der Waals surface area contributed by atoms with Crippen LogP contribution in [-0.2, 0) is 23.8 Å². The number of hydrogen-bond acceptors (Lipinski definition) is 8. The van der Waals surface area contributed by atoms with Crippen molar-refractivity contribution < 1.29 is 33.7 Å². The maximum absolute atomic E-state index is 13.4. The molecule has 0 aromatic heterocycles. The fourth-order valence-electron chi connectivity index (χ4n) is 7.66. The van der Waals surface area contributed by atoms with Crippen LogP contribution in [-0.4, -0.2) is 53.5 Å². The molecule has 7 nitrogen and oxygen atoms in total. The Morgan fingerprint density at radius 3 is 2.70 bits per heavy atom. The van der Waals surface area contributed by atoms with Gasteiger partial charge in [-0.25, -0.2) is 9.59 Å². The number of thioether (sulfide) groups is 1. The van der Waals surface area contributed by atoms with Crippen LogP contribution in [0.15, 0.2) is 11.6 Å². The lowest BCUT2D eigenvalue weighted by Crippen LogP contribution is -2.63. The van der Waals surface area contributed by atoms with E-state index in [1.165, 1.54) is 11.8 Å². The van der Waals surface area contributed by atoms with Gasteiger partial charge in [0, 0.05) is 18.3 Å². The maximum Gasteiger partial charge on any atom is 0.509 e. The van der Waals surface area contributed by atoms with E-state index in [-0.39, 0.29) is 41.5 Å². The molecule has 0 heterocycles. The molecule has 184 valence electrons. The number of Topliss-reactive ketones (excluding diaryl/α,β-unsaturated/α-hetero) is 1. The minimum atomic E-state index is -1.49. The molecule has 0 amide bonds. The highest BCUT2D eigenvalue weighted by Crippen LogP contribution is 2.68. The van der Waals surface area contributed by atoms with Gasteiger partial charge < -0.3 is 19.3 Å². The number of esters is 1. The molecular formula is C25H36O7S. The first-order chi connectivity index (χ1) is 15.6. The van der Waals surface area contributed by atoms with Gasteiger partial charge in [0.2, 0.25) is 5.60 Å². The summed E-state index contributed by atoms with van der Waals surface area (Å²) in [6.07, 6.45) is 6.41. The summed E-state index contributed by atoms with van der Waals surface area (Å²) in [5.41, 5.74) is -1.32. The lowest BCUT2D eigenvalue weighted by atomic mass is 9.46. The Kier molecular flexibility index (Phi) is 6.64. The van der Waals surface area contributed by atoms with E-state index >= 15 is 0 Å². The summed E-state index contributed by atoms with van der Waals surface area (Å²) in [6, 6.07) is 0. The Morgan fingerprint density at radius 2 is 2.00 bits per heavy atom. The molecule has 0 bridgehead atoms. The average molecular weight is 481 g/mol. The summed E-state index contributed by atoms with van der Waals surface area (Å²) >= 11 is 1.38. The van der Waals surface area contributed by atoms with Crippen LogP contribution in [0.3, 0.4) is 0 Å². The first-order valence-corrected chi connectivity index (χ1v) is 13.4. The van der Waals surface area contributed by atoms with Crippen molar-refractivity contribution in [2.24, 2.45) is 28.6 Å². The summed E-state index contributed by atoms with van der Waals surface area (Å²) in [6.45, 7) is 6.00. The second kappa shape index (κ2) is 8.91. The van der Waals surface area contributed by atoms with Crippen LogP contribution in [0, 0.1) is 28.6 Å². The molecule has 33 heavy (non-hydrogen) atoms. The monoisotopic (exact) mass is 480 g/mol. The van der Waals surface area contributed by atoms with E-state index < -0.39 is 29.2 Å². The van der Waals surface area contributed by atoms with E-state index in [9.17, 15) is 19.5 Å². The zero-order chi connectivity index (χ0) is 24.0. The largest absolute Gasteiger partial charge is 0.509 e. The molecule has 3 fully saturated rings. The maximum atomic E-state index is 13.4. The van der Waals surface area contributed by atoms with Gasteiger partial charge >= 0.3 is 12.1 Å². The Bertz CT molecular complexity index is 856. The van der Waals surface area contributed by atoms with Gasteiger partial charge in [-0.15, -0.1) is 11.8 Å². The molecule has 0 aliphatic heterocycles. The zero-order valence-electron chi connectivity index (χ0n) is 20.1. The first kappa shape index (κ1) is 24.6. The molecule has 0 aromatic rings. The normalized spacial score (nSPS) is 41.8. The van der Waals surface area contributed by atoms with Crippen LogP contribution in [0.4, 0.5) is 4.79 Å². The van der Waals surface area contributed by atoms with E-state index in [2.05, 4.69) is 13.0 Å². The molecule has 4 aliphatic rings. The molecule has 8 heteroatoms. The van der Waals surface area contributed by atoms with Crippen LogP contribution >= 0.6 is 11.8 Å². The number of allylic oxidation sites excluding steroid dienone is 2. The third kappa shape index (κ3) is 3.72. The van der Waals surface area contributed by atoms with E-state index in [1.807, 2.05) is 13.2 Å². The van der Waals surface area contributed by atoms with Gasteiger partial charge in [0.15, 0.2) is 0 Å². The van der Waals surface area contributed by atoms with Gasteiger partial charge in [0.25, 0.3) is 0 Å². The minimum absolute atomic E-state index is 0.0179. The quantitative estimate of drug-likeness (QED) is 0.354. The van der Waals surface area contributed by atoms with Gasteiger partial charge in [-0.3, -0.25) is 4.79 Å². The molecule has 0 radical (unpaired) electrons. The molecule has 0 saturated heterocycles. The minimum Gasteiger partial charge on any atom is -0.452 e. The van der Waals surface area contributed by atoms with Crippen LogP contribution < -0.4 is 0 Å². The Labute approximate surface area is 200 Å². The summed E-state index contributed by atoms with van der Waals surface area (Å²) in [4.78, 5) is 38.0. The lowest BCUT2D eigenvalue weighted by Gasteiger charge is -2.59. The number of ketones is 1. The third-order valence-electron chi connectivity index (χ3n) is 9.15. The van der Waals surface area contributed by atoms with Crippen molar-refractivity contribution in [3.8, 4) is 0 Å². The Hall–Kier alpha value is -1.54. The highest BCUT2D eigenvalue weighted by molar-refractivity contribution is 7.98. The van der Waals surface area contributed by atoms with Crippen molar-refractivity contribution in [3.63, 3.8) is 0 Å². The van der Waals surface area contributed by atoms with Crippen molar-refractivity contribution in [1.82, 2.24) is 0 Å². The molecule has 0 spiro atoms. The van der Waals surface area contributed by atoms with Crippen molar-refractivity contribution in [2.75, 3.05) is 18.8 Å². The van der Waals surface area contributed by atoms with Crippen LogP contribution in [0.1, 0.15) is 65.7 Å². The van der Waals surface area contributed by atoms with Crippen molar-refractivity contribution in [3.05, 3.63) is 11.6 Å². The lowest BCUT2D eigenvalue weighted by molar-refractivity contribution is -0.200. The number of carbonyl (C=O) groups is 3. The Morgan fingerprint density at radius 1 is 1.24 bits per heavy atom. The molecule has 3 saturated carbocycles. The van der Waals surface area contributed by atoms with Gasteiger partial charge in [0.05, 0.1) is 12.7 Å². The molecule has 6 unspecified atom stereocenters. The second-order valence-corrected chi connectivity index (χ2v) is 11.4. The topological polar surface area (TPSA) is 99.1 Å². The van der Waals surface area contributed by atoms with E-state index in [0.29, 0.717) is 32.1 Å². The Balaban J connectivity index is 1.72. The standard InChI is InChI=1S/C25H36O7S/c1-5-30-22(29)32-25(21(28)31-14-33-4)11-9-18-17-7-6-15-12-16(26)8-10-23(15,2)20(17)19(27)13-24(18,25)3/h6,17-20,27H,5,7-14H2,1-4H3/t17?,18?,19?,20?,23?,24?,25-/m0/s1. The summed E-state index contributed by atoms with van der Waals surface area (Å²) in [7, 11) is 0. The van der Waals surface area contributed by atoms with Gasteiger partial charge in [-0.2, -0.15) is 0 Å². The molecule has 7 atom stereocenters. The number of carbonyl (C=O) groups excluding carboxylic acids is 3. The van der Waals surface area contributed by atoms with Gasteiger partial charge in [-0.1, -0.05) is 25.5 Å². The van der Waals surface area contributed by atoms with Crippen LogP contribution in [0.2, 0.25) is 0 Å². The van der Waals surface area contributed by atoms with Crippen molar-refractivity contribution >= 4 is 29.7 Å². The number of ether oxygens (including phenoxy) is 3. The van der Waals surface area contributed by atoms with E-state index in [4.69, 9.17) is 14.2 Å². The highest BCUT2D eigenvalue weighted by atomic mass is 32.2. The number of aliphatic hydroxyl groups is 1. The van der Waals surface area contributed by atoms with Crippen molar-refractivity contribution in [1.29, 1.82) is 0 Å². The predicted molar refractivity (Wildman–Crippen MR) is 123 cm³/mol. The summed E-state index contributed by atoms with van der Waals surface area (Å²) < 4.78 is 16.4. The SMILES string of the molecule is CCOC(=O)O[C@]1(C(=O)OCSC)CCC2C3CC=C4CC(=O)CCC4(C)C3C(O)CC21C. The van der Waals surface area contributed by atoms with Crippen LogP contribution in [0.5, 0.6) is 0 Å². The smallest absolute Gasteiger partial charge is 0.452 e. The summed E-state index contributed by atoms with van der Waals surface area (Å²) in [5, 5.41) is 11.6. The van der Waals surface area contributed by atoms with E-state index in [0.717, 1.165) is 18.4 Å². The molecule has 4 aliphatic carbocycles. The fraction of sp³-hybridized carbons (Fsp3) is 0.800. The highest BCUT2D eigenvalue weighted by Gasteiger charge is 2.71. The van der Waals surface area contributed by atoms with E-state index in [1.54, 1.807) is 6.92 Å². The average Bonchev–Trinajstić information content (AvgIpc) is 3.04. The van der Waals surface area contributed by atoms with Crippen molar-refractivity contribution in [2.45, 2.75) is 77.4 Å². The van der Waals surface area contributed by atoms with Gasteiger partial charge in [-0.05, 0) is 68.5 Å². The number of fused-ring (bicyclic) bond motifs is 5. The zero-order valence-corrected chi connectivity index (χ0v) is 20.9. The summed E-state index contributed by atoms with van der Waals surface area (Å²) in [5.74, 6) is 0.120. The second-order valence-electron chi connectivity index (χ2n) is 10.6. The number of aliphatic hydroxyl groups excluding tert-OH is 1. The van der Waals surface area contributed by atoms with Gasteiger partial charge in [0.1, 0.15) is 11.7 Å². The molecular weight excluding hydrogens is 444 g/mol. The predicted octanol–water partition coefficient (Wildman–Crippen LogP) is 4.26. The molecule has 4 rings (SSSR count). The number of hydrogen-bond donors (Lipinski definition) is 1. The third-order valence-corrected chi connectivity index (χ3v) is 9.50. The molecule has 1 N–H and O–H groups in total. The number of rotatable bonds is 5. The van der Waals surface area contributed by atoms with Crippen LogP contribution in [0.25, 0.3) is 0 Å². The first-order valence-electron chi connectivity index (χ1n) is 12.0. The molecule has 0 aromatic carbocycles.